The monoisotopic (exact) mass is 222 g/mol. The second-order valence-electron chi connectivity index (χ2n) is 4.37. The van der Waals surface area contributed by atoms with Gasteiger partial charge in [0, 0.05) is 23.1 Å². The lowest BCUT2D eigenvalue weighted by molar-refractivity contribution is -0.122. The highest BCUT2D eigenvalue weighted by molar-refractivity contribution is 8.00. The Morgan fingerprint density at radius 2 is 2.40 bits per heavy atom. The minimum atomic E-state index is 0.0659. The summed E-state index contributed by atoms with van der Waals surface area (Å²) in [7, 11) is 0. The fourth-order valence-corrected chi connectivity index (χ4v) is 3.88. The second-order valence-corrected chi connectivity index (χ2v) is 5.68. The van der Waals surface area contributed by atoms with E-state index < -0.39 is 0 Å². The van der Waals surface area contributed by atoms with E-state index in [2.05, 4.69) is 4.99 Å². The molecule has 3 aliphatic heterocycles. The number of nitrogens with zero attached hydrogens (tertiary/aromatic N) is 2. The summed E-state index contributed by atoms with van der Waals surface area (Å²) in [5, 5.41) is 0.524. The van der Waals surface area contributed by atoms with Crippen molar-refractivity contribution in [3.63, 3.8) is 0 Å². The van der Waals surface area contributed by atoms with Crippen LogP contribution in [0.15, 0.2) is 9.98 Å². The largest absolute Gasteiger partial charge is 0.297 e. The van der Waals surface area contributed by atoms with Crippen LogP contribution in [0.3, 0.4) is 0 Å². The molecule has 0 aliphatic carbocycles. The highest BCUT2D eigenvalue weighted by Crippen LogP contribution is 2.35. The van der Waals surface area contributed by atoms with Crippen molar-refractivity contribution in [2.75, 3.05) is 12.3 Å². The van der Waals surface area contributed by atoms with E-state index in [1.165, 1.54) is 17.9 Å². The summed E-state index contributed by atoms with van der Waals surface area (Å²) in [6.45, 7) is 0.378. The number of rotatable bonds is 0. The molecule has 0 aromatic heterocycles. The van der Waals surface area contributed by atoms with E-state index in [1.807, 2.05) is 18.0 Å². The molecule has 1 fully saturated rings. The molecule has 3 atom stereocenters. The normalized spacial score (nSPS) is 39.3. The quantitative estimate of drug-likeness (QED) is 0.621. The molecule has 0 aromatic rings. The van der Waals surface area contributed by atoms with Crippen molar-refractivity contribution in [1.29, 1.82) is 0 Å². The van der Waals surface area contributed by atoms with Crippen LogP contribution in [-0.4, -0.2) is 41.3 Å². The van der Waals surface area contributed by atoms with Gasteiger partial charge in [0.15, 0.2) is 5.78 Å². The van der Waals surface area contributed by atoms with E-state index in [0.29, 0.717) is 11.8 Å². The van der Waals surface area contributed by atoms with Gasteiger partial charge in [-0.05, 0) is 25.0 Å². The highest BCUT2D eigenvalue weighted by Gasteiger charge is 2.38. The zero-order valence-corrected chi connectivity index (χ0v) is 9.37. The van der Waals surface area contributed by atoms with E-state index in [9.17, 15) is 4.79 Å². The van der Waals surface area contributed by atoms with Gasteiger partial charge in [0.1, 0.15) is 0 Å². The topological polar surface area (TPSA) is 41.8 Å². The number of hydrogen-bond donors (Lipinski definition) is 0. The van der Waals surface area contributed by atoms with Gasteiger partial charge >= 0.3 is 0 Å². The molecule has 3 rings (SSSR count). The molecule has 0 spiro atoms. The summed E-state index contributed by atoms with van der Waals surface area (Å²) >= 11 is 1.98. The summed E-state index contributed by atoms with van der Waals surface area (Å²) in [4.78, 5) is 20.5. The highest BCUT2D eigenvalue weighted by atomic mass is 32.2. The molecule has 3 heterocycles. The fraction of sp³-hybridized carbons (Fsp3) is 0.727. The first-order chi connectivity index (χ1) is 7.34. The summed E-state index contributed by atoms with van der Waals surface area (Å²) in [6.07, 6.45) is 5.25. The lowest BCUT2D eigenvalue weighted by Gasteiger charge is -2.35. The van der Waals surface area contributed by atoms with E-state index in [1.54, 1.807) is 0 Å². The molecular formula is C11H14N2OS. The molecule has 0 saturated carbocycles. The molecule has 4 heteroatoms. The van der Waals surface area contributed by atoms with Crippen molar-refractivity contribution >= 4 is 29.5 Å². The number of hydrogen-bond acceptors (Lipinski definition) is 4. The standard InChI is InChI=1S/C11H14N2OS/c14-10-6-12-5-9-7(10)4-11-8(13-9)2-1-3-15-11/h5,7,9,11H,1-4,6H2. The number of thioether (sulfide) groups is 1. The van der Waals surface area contributed by atoms with Gasteiger partial charge in [0.25, 0.3) is 0 Å². The third-order valence-corrected chi connectivity index (χ3v) is 4.77. The second kappa shape index (κ2) is 3.74. The molecule has 0 aromatic carbocycles. The van der Waals surface area contributed by atoms with Crippen molar-refractivity contribution in [2.45, 2.75) is 30.6 Å². The number of Topliss-reactive ketones (excluding diaryl/α,β-unsaturated/α-hetero) is 1. The first kappa shape index (κ1) is 9.58. The molecule has 3 nitrogen and oxygen atoms in total. The van der Waals surface area contributed by atoms with Crippen LogP contribution in [-0.2, 0) is 4.79 Å². The summed E-state index contributed by atoms with van der Waals surface area (Å²) in [5.74, 6) is 1.64. The molecular weight excluding hydrogens is 208 g/mol. The van der Waals surface area contributed by atoms with Crippen molar-refractivity contribution in [3.8, 4) is 0 Å². The van der Waals surface area contributed by atoms with Gasteiger partial charge in [-0.15, -0.1) is 0 Å². The number of fused-ring (bicyclic) bond motifs is 2. The number of carbonyl (C=O) groups is 1. The van der Waals surface area contributed by atoms with Crippen LogP contribution in [0, 0.1) is 5.92 Å². The van der Waals surface area contributed by atoms with Crippen LogP contribution in [0.5, 0.6) is 0 Å². The van der Waals surface area contributed by atoms with Crippen LogP contribution in [0.1, 0.15) is 19.3 Å². The molecule has 1 saturated heterocycles. The molecule has 3 aliphatic rings. The SMILES string of the molecule is O=C1CN=CC2N=C3CCCSC3CC12. The Labute approximate surface area is 93.4 Å². The zero-order chi connectivity index (χ0) is 10.3. The predicted octanol–water partition coefficient (Wildman–Crippen LogP) is 1.37. The summed E-state index contributed by atoms with van der Waals surface area (Å²) in [6, 6.07) is 0.0659. The van der Waals surface area contributed by atoms with Crippen LogP contribution >= 0.6 is 11.8 Å². The van der Waals surface area contributed by atoms with E-state index >= 15 is 0 Å². The Bertz CT molecular complexity index is 350. The molecule has 15 heavy (non-hydrogen) atoms. The van der Waals surface area contributed by atoms with E-state index in [4.69, 9.17) is 4.99 Å². The third kappa shape index (κ3) is 1.65. The van der Waals surface area contributed by atoms with Gasteiger partial charge in [-0.3, -0.25) is 14.8 Å². The first-order valence-corrected chi connectivity index (χ1v) is 6.60. The molecule has 3 unspecified atom stereocenters. The number of aliphatic imine (C=N–C) groups is 2. The maximum absolute atomic E-state index is 11.7. The molecule has 0 N–H and O–H groups in total. The van der Waals surface area contributed by atoms with Crippen molar-refractivity contribution in [1.82, 2.24) is 0 Å². The average molecular weight is 222 g/mol. The minimum Gasteiger partial charge on any atom is -0.297 e. The lowest BCUT2D eigenvalue weighted by atomic mass is 9.84. The van der Waals surface area contributed by atoms with Gasteiger partial charge in [-0.1, -0.05) is 0 Å². The number of ketones is 1. The van der Waals surface area contributed by atoms with Gasteiger partial charge in [0.05, 0.1) is 12.6 Å². The lowest BCUT2D eigenvalue weighted by Crippen LogP contribution is -2.43. The van der Waals surface area contributed by atoms with Gasteiger partial charge in [0.2, 0.25) is 0 Å². The van der Waals surface area contributed by atoms with Gasteiger partial charge in [-0.25, -0.2) is 0 Å². The maximum atomic E-state index is 11.7. The Kier molecular flexibility index (Phi) is 2.39. The van der Waals surface area contributed by atoms with Gasteiger partial charge in [-0.2, -0.15) is 11.8 Å². The van der Waals surface area contributed by atoms with Gasteiger partial charge < -0.3 is 0 Å². The first-order valence-electron chi connectivity index (χ1n) is 5.55. The Hall–Kier alpha value is -0.640. The van der Waals surface area contributed by atoms with Crippen LogP contribution in [0.4, 0.5) is 0 Å². The summed E-state index contributed by atoms with van der Waals surface area (Å²) < 4.78 is 0. The average Bonchev–Trinajstić information content (AvgIpc) is 2.27. The van der Waals surface area contributed by atoms with E-state index in [0.717, 1.165) is 12.8 Å². The van der Waals surface area contributed by atoms with Crippen LogP contribution < -0.4 is 0 Å². The van der Waals surface area contributed by atoms with Crippen LogP contribution in [0.25, 0.3) is 0 Å². The Morgan fingerprint density at radius 1 is 1.47 bits per heavy atom. The van der Waals surface area contributed by atoms with Crippen molar-refractivity contribution < 1.29 is 4.79 Å². The van der Waals surface area contributed by atoms with E-state index in [-0.39, 0.29) is 17.7 Å². The molecule has 0 amide bonds. The number of carbonyl (C=O) groups excluding carboxylic acids is 1. The third-order valence-electron chi connectivity index (χ3n) is 3.38. The van der Waals surface area contributed by atoms with Crippen LogP contribution in [0.2, 0.25) is 0 Å². The maximum Gasteiger partial charge on any atom is 0.159 e. The minimum absolute atomic E-state index is 0.0659. The zero-order valence-electron chi connectivity index (χ0n) is 8.56. The van der Waals surface area contributed by atoms with Crippen molar-refractivity contribution in [2.24, 2.45) is 15.9 Å². The predicted molar refractivity (Wildman–Crippen MR) is 63.2 cm³/mol. The molecule has 0 bridgehead atoms. The fourth-order valence-electron chi connectivity index (χ4n) is 2.57. The Balaban J connectivity index is 1.91. The Morgan fingerprint density at radius 3 is 3.33 bits per heavy atom. The smallest absolute Gasteiger partial charge is 0.159 e. The van der Waals surface area contributed by atoms with Crippen molar-refractivity contribution in [3.05, 3.63) is 0 Å². The summed E-state index contributed by atoms with van der Waals surface area (Å²) in [5.41, 5.74) is 1.33. The molecule has 80 valence electrons. The molecule has 0 radical (unpaired) electrons.